The van der Waals surface area contributed by atoms with Crippen molar-refractivity contribution in [1.29, 1.82) is 0 Å². The highest BCUT2D eigenvalue weighted by atomic mass is 16.2. The smallest absolute Gasteiger partial charge is 0.238 e. The number of rotatable bonds is 3. The van der Waals surface area contributed by atoms with Crippen LogP contribution in [0.3, 0.4) is 0 Å². The Bertz CT molecular complexity index is 213. The zero-order valence-electron chi connectivity index (χ0n) is 8.83. The molecule has 1 N–H and O–H groups in total. The molecule has 0 bridgehead atoms. The molecule has 2 saturated heterocycles. The molecule has 2 fully saturated rings. The van der Waals surface area contributed by atoms with Crippen molar-refractivity contribution in [3.8, 4) is 0 Å². The van der Waals surface area contributed by atoms with E-state index in [-0.39, 0.29) is 0 Å². The fourth-order valence-electron chi connectivity index (χ4n) is 2.26. The van der Waals surface area contributed by atoms with Crippen LogP contribution in [-0.2, 0) is 4.79 Å². The van der Waals surface area contributed by atoms with E-state index < -0.39 is 0 Å². The van der Waals surface area contributed by atoms with E-state index in [1.807, 2.05) is 17.1 Å². The van der Waals surface area contributed by atoms with E-state index in [1.54, 1.807) is 0 Å². The summed E-state index contributed by atoms with van der Waals surface area (Å²) in [5, 5.41) is 7.30. The van der Waals surface area contributed by atoms with Gasteiger partial charge in [-0.25, -0.2) is 5.01 Å². The van der Waals surface area contributed by atoms with E-state index in [2.05, 4.69) is 5.32 Å². The Morgan fingerprint density at radius 3 is 3.00 bits per heavy atom. The predicted octanol–water partition coefficient (Wildman–Crippen LogP) is 0.0651. The van der Waals surface area contributed by atoms with Crippen molar-refractivity contribution >= 4 is 5.91 Å². The third-order valence-corrected chi connectivity index (χ3v) is 3.26. The van der Waals surface area contributed by atoms with Gasteiger partial charge in [0.25, 0.3) is 0 Å². The molecule has 1 unspecified atom stereocenters. The van der Waals surface area contributed by atoms with Crippen molar-refractivity contribution in [1.82, 2.24) is 15.3 Å². The molecule has 0 radical (unpaired) electrons. The predicted molar refractivity (Wildman–Crippen MR) is 54.6 cm³/mol. The molecule has 0 spiro atoms. The van der Waals surface area contributed by atoms with Gasteiger partial charge < -0.3 is 5.32 Å². The number of carbonyl (C=O) groups excluding carboxylic acids is 1. The van der Waals surface area contributed by atoms with Crippen molar-refractivity contribution in [2.24, 2.45) is 5.92 Å². The van der Waals surface area contributed by atoms with Gasteiger partial charge in [0.2, 0.25) is 5.91 Å². The Balaban J connectivity index is 1.76. The molecular formula is C10H19N3O. The highest BCUT2D eigenvalue weighted by Crippen LogP contribution is 2.16. The Morgan fingerprint density at radius 1 is 1.57 bits per heavy atom. The summed E-state index contributed by atoms with van der Waals surface area (Å²) in [6.45, 7) is 4.07. The molecule has 4 nitrogen and oxygen atoms in total. The second-order valence-corrected chi connectivity index (χ2v) is 4.30. The number of hydrazine groups is 1. The molecule has 0 aromatic rings. The third kappa shape index (κ3) is 2.07. The molecule has 4 heteroatoms. The van der Waals surface area contributed by atoms with Crippen LogP contribution in [0.1, 0.15) is 19.3 Å². The summed E-state index contributed by atoms with van der Waals surface area (Å²) in [7, 11) is 2.00. The molecule has 0 aromatic heterocycles. The van der Waals surface area contributed by atoms with Gasteiger partial charge in [0, 0.05) is 26.6 Å². The van der Waals surface area contributed by atoms with Gasteiger partial charge in [-0.05, 0) is 31.8 Å². The number of hydrogen-bond donors (Lipinski definition) is 1. The van der Waals surface area contributed by atoms with Crippen molar-refractivity contribution < 1.29 is 4.79 Å². The first-order valence-electron chi connectivity index (χ1n) is 5.49. The molecule has 80 valence electrons. The first kappa shape index (κ1) is 9.93. The molecule has 0 aliphatic carbocycles. The lowest BCUT2D eigenvalue weighted by atomic mass is 10.1. The highest BCUT2D eigenvalue weighted by Gasteiger charge is 2.26. The zero-order chi connectivity index (χ0) is 9.97. The number of hydrogen-bond acceptors (Lipinski definition) is 3. The largest absolute Gasteiger partial charge is 0.316 e. The van der Waals surface area contributed by atoms with E-state index in [0.717, 1.165) is 38.5 Å². The summed E-state index contributed by atoms with van der Waals surface area (Å²) in [4.78, 5) is 11.5. The monoisotopic (exact) mass is 197 g/mol. The van der Waals surface area contributed by atoms with Crippen LogP contribution in [0.5, 0.6) is 0 Å². The van der Waals surface area contributed by atoms with Crippen LogP contribution >= 0.6 is 0 Å². The fourth-order valence-corrected chi connectivity index (χ4v) is 2.26. The first-order chi connectivity index (χ1) is 6.77. The van der Waals surface area contributed by atoms with E-state index in [0.29, 0.717) is 12.3 Å². The molecule has 0 saturated carbocycles. The maximum atomic E-state index is 11.5. The summed E-state index contributed by atoms with van der Waals surface area (Å²) in [6.07, 6.45) is 3.11. The third-order valence-electron chi connectivity index (χ3n) is 3.26. The van der Waals surface area contributed by atoms with Gasteiger partial charge >= 0.3 is 0 Å². The average Bonchev–Trinajstić information content (AvgIpc) is 2.76. The van der Waals surface area contributed by atoms with Crippen LogP contribution in [0.25, 0.3) is 0 Å². The Morgan fingerprint density at radius 2 is 2.43 bits per heavy atom. The Hall–Kier alpha value is -0.610. The standard InChI is InChI=1S/C10H19N3O/c1-12-6-4-10(14)13(12)7-3-9-2-5-11-8-9/h9,11H,2-8H2,1H3. The van der Waals surface area contributed by atoms with Crippen LogP contribution in [0.4, 0.5) is 0 Å². The van der Waals surface area contributed by atoms with Crippen LogP contribution in [0.2, 0.25) is 0 Å². The van der Waals surface area contributed by atoms with Gasteiger partial charge in [-0.2, -0.15) is 0 Å². The van der Waals surface area contributed by atoms with Gasteiger partial charge in [-0.1, -0.05) is 0 Å². The van der Waals surface area contributed by atoms with Crippen LogP contribution in [0.15, 0.2) is 0 Å². The SMILES string of the molecule is CN1CCC(=O)N1CCC1CCNC1. The lowest BCUT2D eigenvalue weighted by molar-refractivity contribution is -0.136. The summed E-state index contributed by atoms with van der Waals surface area (Å²) >= 11 is 0. The van der Waals surface area contributed by atoms with Gasteiger partial charge in [-0.3, -0.25) is 9.80 Å². The fraction of sp³-hybridized carbons (Fsp3) is 0.900. The first-order valence-corrected chi connectivity index (χ1v) is 5.49. The number of amides is 1. The number of carbonyl (C=O) groups is 1. The van der Waals surface area contributed by atoms with E-state index in [4.69, 9.17) is 0 Å². The van der Waals surface area contributed by atoms with Crippen molar-refractivity contribution in [2.75, 3.05) is 33.2 Å². The van der Waals surface area contributed by atoms with Crippen molar-refractivity contribution in [2.45, 2.75) is 19.3 Å². The number of nitrogens with zero attached hydrogens (tertiary/aromatic N) is 2. The van der Waals surface area contributed by atoms with Crippen LogP contribution in [-0.4, -0.2) is 49.2 Å². The Labute approximate surface area is 85.2 Å². The summed E-state index contributed by atoms with van der Waals surface area (Å²) in [5.74, 6) is 1.07. The second-order valence-electron chi connectivity index (χ2n) is 4.30. The summed E-state index contributed by atoms with van der Waals surface area (Å²) < 4.78 is 0. The zero-order valence-corrected chi connectivity index (χ0v) is 8.83. The van der Waals surface area contributed by atoms with Gasteiger partial charge in [0.05, 0.1) is 0 Å². The van der Waals surface area contributed by atoms with Crippen molar-refractivity contribution in [3.05, 3.63) is 0 Å². The maximum Gasteiger partial charge on any atom is 0.238 e. The van der Waals surface area contributed by atoms with Crippen LogP contribution in [0, 0.1) is 5.92 Å². The second kappa shape index (κ2) is 4.28. The lowest BCUT2D eigenvalue weighted by Crippen LogP contribution is -2.37. The van der Waals surface area contributed by atoms with Gasteiger partial charge in [0.1, 0.15) is 0 Å². The van der Waals surface area contributed by atoms with E-state index in [1.165, 1.54) is 6.42 Å². The molecule has 1 amide bonds. The summed E-state index contributed by atoms with van der Waals surface area (Å²) in [5.41, 5.74) is 0. The average molecular weight is 197 g/mol. The molecule has 2 rings (SSSR count). The van der Waals surface area contributed by atoms with E-state index in [9.17, 15) is 4.79 Å². The maximum absolute atomic E-state index is 11.5. The molecular weight excluding hydrogens is 178 g/mol. The molecule has 2 aliphatic heterocycles. The highest BCUT2D eigenvalue weighted by molar-refractivity contribution is 5.77. The number of nitrogens with one attached hydrogen (secondary N) is 1. The minimum absolute atomic E-state index is 0.290. The molecule has 0 aromatic carbocycles. The van der Waals surface area contributed by atoms with Crippen molar-refractivity contribution in [3.63, 3.8) is 0 Å². The van der Waals surface area contributed by atoms with Gasteiger partial charge in [-0.15, -0.1) is 0 Å². The molecule has 2 aliphatic rings. The Kier molecular flexibility index (Phi) is 3.03. The molecule has 14 heavy (non-hydrogen) atoms. The summed E-state index contributed by atoms with van der Waals surface area (Å²) in [6, 6.07) is 0. The van der Waals surface area contributed by atoms with E-state index >= 15 is 0 Å². The molecule has 2 heterocycles. The minimum atomic E-state index is 0.290. The molecule has 1 atom stereocenters. The minimum Gasteiger partial charge on any atom is -0.316 e. The van der Waals surface area contributed by atoms with Crippen LogP contribution < -0.4 is 5.32 Å². The quantitative estimate of drug-likeness (QED) is 0.695. The normalized spacial score (nSPS) is 29.1. The van der Waals surface area contributed by atoms with Gasteiger partial charge in [0.15, 0.2) is 0 Å². The topological polar surface area (TPSA) is 35.6 Å². The lowest BCUT2D eigenvalue weighted by Gasteiger charge is -2.25.